The van der Waals surface area contributed by atoms with Crippen molar-refractivity contribution < 1.29 is 0 Å². The Balaban J connectivity index is 1.92. The number of aromatic nitrogens is 3. The third-order valence-corrected chi connectivity index (χ3v) is 12.8. The molecule has 1 aromatic heterocycles. The van der Waals surface area contributed by atoms with Crippen LogP contribution in [-0.4, -0.2) is 15.0 Å². The van der Waals surface area contributed by atoms with Crippen molar-refractivity contribution in [3.8, 4) is 0 Å². The fraction of sp³-hybridized carbons (Fsp3) is 0.944. The van der Waals surface area contributed by atoms with Crippen molar-refractivity contribution in [3.05, 3.63) is 17.5 Å². The van der Waals surface area contributed by atoms with Gasteiger partial charge in [0.15, 0.2) is 0 Å². The van der Waals surface area contributed by atoms with Crippen LogP contribution in [0.5, 0.6) is 0 Å². The summed E-state index contributed by atoms with van der Waals surface area (Å²) in [6.07, 6.45) is 67.3. The van der Waals surface area contributed by atoms with Crippen LogP contribution in [0, 0.1) is 0 Å². The molecule has 57 heavy (non-hydrogen) atoms. The first kappa shape index (κ1) is 54.0. The molecule has 0 amide bonds. The highest BCUT2D eigenvalue weighted by atomic mass is 15.0. The van der Waals surface area contributed by atoms with Crippen LogP contribution in [0.4, 0.5) is 0 Å². The molecule has 1 aromatic rings. The van der Waals surface area contributed by atoms with Gasteiger partial charge in [-0.2, -0.15) is 0 Å². The lowest BCUT2D eigenvalue weighted by molar-refractivity contribution is 0.518. The largest absolute Gasteiger partial charge is 0.218 e. The molecule has 3 nitrogen and oxygen atoms in total. The zero-order valence-corrected chi connectivity index (χ0v) is 39.8. The summed E-state index contributed by atoms with van der Waals surface area (Å²) >= 11 is 0. The molecule has 0 N–H and O–H groups in total. The summed E-state index contributed by atoms with van der Waals surface area (Å²) in [5, 5.41) is 0. The number of hydrogen-bond donors (Lipinski definition) is 0. The topological polar surface area (TPSA) is 38.7 Å². The van der Waals surface area contributed by atoms with E-state index in [9.17, 15) is 0 Å². The molecule has 0 saturated carbocycles. The van der Waals surface area contributed by atoms with E-state index in [0.717, 1.165) is 43.2 Å². The average Bonchev–Trinajstić information content (AvgIpc) is 3.21. The van der Waals surface area contributed by atoms with Gasteiger partial charge in [-0.05, 0) is 19.3 Å². The molecule has 0 aliphatic carbocycles. The summed E-state index contributed by atoms with van der Waals surface area (Å²) in [4.78, 5) is 14.7. The van der Waals surface area contributed by atoms with E-state index in [4.69, 9.17) is 15.0 Å². The summed E-state index contributed by atoms with van der Waals surface area (Å²) in [7, 11) is 0. The van der Waals surface area contributed by atoms with Gasteiger partial charge in [-0.1, -0.05) is 290 Å². The summed E-state index contributed by atoms with van der Waals surface area (Å²) in [5.74, 6) is 3.17. The van der Waals surface area contributed by atoms with Gasteiger partial charge in [0.2, 0.25) is 0 Å². The standard InChI is InChI=1S/C54H105N3/c1-4-7-9-11-13-15-17-19-21-23-25-27-29-31-33-35-37-39-41-43-45-47-50-53-55-52(49-6-3)56-54(57-53)51-48-46-44-42-40-38-36-34-32-30-28-26-24-22-20-18-16-14-12-10-8-5-2/h4-51H2,1-3H3. The Kier molecular flexibility index (Phi) is 43.7. The molecule has 0 bridgehead atoms. The molecule has 0 fully saturated rings. The van der Waals surface area contributed by atoms with Gasteiger partial charge < -0.3 is 0 Å². The maximum atomic E-state index is 4.94. The summed E-state index contributed by atoms with van der Waals surface area (Å²) in [6, 6.07) is 0. The fourth-order valence-electron chi connectivity index (χ4n) is 8.86. The van der Waals surface area contributed by atoms with Gasteiger partial charge >= 0.3 is 0 Å². The minimum atomic E-state index is 0.987. The van der Waals surface area contributed by atoms with E-state index in [2.05, 4.69) is 20.8 Å². The number of aryl methyl sites for hydroxylation is 3. The van der Waals surface area contributed by atoms with Crippen LogP contribution in [0.1, 0.15) is 327 Å². The molecule has 0 aromatic carbocycles. The molecular weight excluding hydrogens is 691 g/mol. The van der Waals surface area contributed by atoms with Gasteiger partial charge in [-0.25, -0.2) is 15.0 Å². The van der Waals surface area contributed by atoms with Crippen LogP contribution >= 0.6 is 0 Å². The van der Waals surface area contributed by atoms with Crippen molar-refractivity contribution in [1.82, 2.24) is 15.0 Å². The molecule has 0 unspecified atom stereocenters. The molecule has 0 atom stereocenters. The maximum Gasteiger partial charge on any atom is 0.132 e. The molecular formula is C54H105N3. The Morgan fingerprint density at radius 3 is 0.509 bits per heavy atom. The second-order valence-electron chi connectivity index (χ2n) is 18.7. The normalized spacial score (nSPS) is 11.6. The molecule has 0 spiro atoms. The van der Waals surface area contributed by atoms with Crippen molar-refractivity contribution in [3.63, 3.8) is 0 Å². The lowest BCUT2D eigenvalue weighted by Crippen LogP contribution is -2.08. The van der Waals surface area contributed by atoms with Crippen molar-refractivity contribution >= 4 is 0 Å². The Labute approximate surface area is 360 Å². The molecule has 0 aliphatic heterocycles. The zero-order valence-electron chi connectivity index (χ0n) is 39.8. The first-order valence-corrected chi connectivity index (χ1v) is 27.0. The van der Waals surface area contributed by atoms with Crippen molar-refractivity contribution in [2.75, 3.05) is 0 Å². The van der Waals surface area contributed by atoms with E-state index >= 15 is 0 Å². The van der Waals surface area contributed by atoms with Crippen molar-refractivity contribution in [1.29, 1.82) is 0 Å². The smallest absolute Gasteiger partial charge is 0.132 e. The van der Waals surface area contributed by atoms with E-state index in [0.29, 0.717) is 0 Å². The summed E-state index contributed by atoms with van der Waals surface area (Å²) in [5.41, 5.74) is 0. The predicted molar refractivity (Wildman–Crippen MR) is 256 cm³/mol. The molecule has 0 radical (unpaired) electrons. The molecule has 1 rings (SSSR count). The molecule has 0 aliphatic rings. The zero-order chi connectivity index (χ0) is 40.8. The van der Waals surface area contributed by atoms with E-state index in [-0.39, 0.29) is 0 Å². The fourth-order valence-corrected chi connectivity index (χ4v) is 8.86. The van der Waals surface area contributed by atoms with Crippen LogP contribution in [0.2, 0.25) is 0 Å². The highest BCUT2D eigenvalue weighted by molar-refractivity contribution is 4.98. The van der Waals surface area contributed by atoms with Gasteiger partial charge in [0, 0.05) is 19.3 Å². The first-order chi connectivity index (χ1) is 28.3. The van der Waals surface area contributed by atoms with Crippen LogP contribution in [0.15, 0.2) is 0 Å². The maximum absolute atomic E-state index is 4.94. The van der Waals surface area contributed by atoms with Crippen molar-refractivity contribution in [2.45, 2.75) is 329 Å². The van der Waals surface area contributed by atoms with Crippen LogP contribution < -0.4 is 0 Å². The van der Waals surface area contributed by atoms with E-state index < -0.39 is 0 Å². The third-order valence-electron chi connectivity index (χ3n) is 12.8. The molecule has 336 valence electrons. The average molecular weight is 796 g/mol. The number of rotatable bonds is 48. The Bertz CT molecular complexity index is 833. The quantitative estimate of drug-likeness (QED) is 0.0617. The second-order valence-corrected chi connectivity index (χ2v) is 18.7. The Morgan fingerprint density at radius 2 is 0.333 bits per heavy atom. The lowest BCUT2D eigenvalue weighted by Gasteiger charge is -2.08. The number of unbranched alkanes of at least 4 members (excludes halogenated alkanes) is 42. The highest BCUT2D eigenvalue weighted by Crippen LogP contribution is 2.18. The van der Waals surface area contributed by atoms with Crippen LogP contribution in [0.25, 0.3) is 0 Å². The molecule has 0 saturated heterocycles. The van der Waals surface area contributed by atoms with Gasteiger partial charge in [0.25, 0.3) is 0 Å². The number of nitrogens with zero attached hydrogens (tertiary/aromatic N) is 3. The highest BCUT2D eigenvalue weighted by Gasteiger charge is 2.07. The first-order valence-electron chi connectivity index (χ1n) is 27.0. The van der Waals surface area contributed by atoms with Gasteiger partial charge in [-0.15, -0.1) is 0 Å². The molecule has 1 heterocycles. The number of hydrogen-bond acceptors (Lipinski definition) is 3. The third kappa shape index (κ3) is 40.2. The van der Waals surface area contributed by atoms with Gasteiger partial charge in [0.1, 0.15) is 17.5 Å². The monoisotopic (exact) mass is 796 g/mol. The second kappa shape index (κ2) is 46.1. The molecule has 3 heteroatoms. The van der Waals surface area contributed by atoms with Crippen molar-refractivity contribution in [2.24, 2.45) is 0 Å². The minimum absolute atomic E-state index is 0.987. The van der Waals surface area contributed by atoms with Crippen LogP contribution in [0.3, 0.4) is 0 Å². The lowest BCUT2D eigenvalue weighted by atomic mass is 10.0. The SMILES string of the molecule is CCCCCCCCCCCCCCCCCCCCCCCCc1nc(CCC)nc(CCCCCCCCCCCCCCCCCCCCCCCC)n1. The van der Waals surface area contributed by atoms with Gasteiger partial charge in [-0.3, -0.25) is 0 Å². The Hall–Kier alpha value is -0.990. The summed E-state index contributed by atoms with van der Waals surface area (Å²) < 4.78 is 0. The van der Waals surface area contributed by atoms with Crippen LogP contribution in [-0.2, 0) is 19.3 Å². The van der Waals surface area contributed by atoms with E-state index in [1.807, 2.05) is 0 Å². The summed E-state index contributed by atoms with van der Waals surface area (Å²) in [6.45, 7) is 6.86. The Morgan fingerprint density at radius 1 is 0.175 bits per heavy atom. The van der Waals surface area contributed by atoms with E-state index in [1.165, 1.54) is 283 Å². The van der Waals surface area contributed by atoms with Gasteiger partial charge in [0.05, 0.1) is 0 Å². The minimum Gasteiger partial charge on any atom is -0.218 e. The van der Waals surface area contributed by atoms with E-state index in [1.54, 1.807) is 0 Å². The predicted octanol–water partition coefficient (Wildman–Crippen LogP) is 19.1.